The molecule has 0 saturated heterocycles. The van der Waals surface area contributed by atoms with E-state index < -0.39 is 12.1 Å². The Balaban J connectivity index is 3.66. The largest absolute Gasteiger partial charge is 0.464 e. The number of hydrogen-bond donors (Lipinski definition) is 1. The van der Waals surface area contributed by atoms with Crippen molar-refractivity contribution < 1.29 is 19.1 Å². The second-order valence-electron chi connectivity index (χ2n) is 9.26. The number of ether oxygens (including phenoxy) is 2. The van der Waals surface area contributed by atoms with E-state index in [0.29, 0.717) is 13.2 Å². The zero-order chi connectivity index (χ0) is 23.9. The number of unbranched alkanes of at least 4 members (excludes halogenated alkanes) is 14. The third-order valence-corrected chi connectivity index (χ3v) is 6.17. The third kappa shape index (κ3) is 18.3. The first-order chi connectivity index (χ1) is 15.6. The Morgan fingerprint density at radius 1 is 0.625 bits per heavy atom. The van der Waals surface area contributed by atoms with Crippen LogP contribution in [0.25, 0.3) is 0 Å². The fourth-order valence-corrected chi connectivity index (χ4v) is 3.77. The van der Waals surface area contributed by atoms with Crippen molar-refractivity contribution in [2.45, 2.75) is 143 Å². The van der Waals surface area contributed by atoms with Crippen molar-refractivity contribution >= 4 is 12.1 Å². The van der Waals surface area contributed by atoms with Crippen LogP contribution < -0.4 is 5.32 Å². The maximum Gasteiger partial charge on any atom is 0.407 e. The summed E-state index contributed by atoms with van der Waals surface area (Å²) in [6.07, 6.45) is 20.7. The van der Waals surface area contributed by atoms with Gasteiger partial charge in [-0.25, -0.2) is 9.59 Å². The molecule has 0 aliphatic rings. The highest BCUT2D eigenvalue weighted by atomic mass is 16.6. The minimum Gasteiger partial charge on any atom is -0.464 e. The van der Waals surface area contributed by atoms with Gasteiger partial charge in [0.25, 0.3) is 0 Å². The predicted octanol–water partition coefficient (Wildman–Crippen LogP) is 7.95. The third-order valence-electron chi connectivity index (χ3n) is 6.17. The number of nitrogens with one attached hydrogen (secondary N) is 1. The SMILES string of the molecule is CCCCCCCCCCCCCCCCCOC(=O)C(NC(=O)OCCC)C(C)CC. The molecule has 5 nitrogen and oxygen atoms in total. The maximum absolute atomic E-state index is 12.4. The number of rotatable bonds is 22. The quantitative estimate of drug-likeness (QED) is 0.133. The van der Waals surface area contributed by atoms with Crippen molar-refractivity contribution in [1.82, 2.24) is 5.32 Å². The van der Waals surface area contributed by atoms with Crippen LogP contribution in [0.4, 0.5) is 4.79 Å². The minimum atomic E-state index is -0.638. The first kappa shape index (κ1) is 30.7. The summed E-state index contributed by atoms with van der Waals surface area (Å²) in [7, 11) is 0. The second-order valence-corrected chi connectivity index (χ2v) is 9.26. The number of esters is 1. The smallest absolute Gasteiger partial charge is 0.407 e. The Bertz CT molecular complexity index is 441. The zero-order valence-corrected chi connectivity index (χ0v) is 21.7. The first-order valence-corrected chi connectivity index (χ1v) is 13.7. The first-order valence-electron chi connectivity index (χ1n) is 13.7. The van der Waals surface area contributed by atoms with Gasteiger partial charge < -0.3 is 14.8 Å². The maximum atomic E-state index is 12.4. The Morgan fingerprint density at radius 3 is 1.53 bits per heavy atom. The van der Waals surface area contributed by atoms with Gasteiger partial charge in [-0.05, 0) is 18.8 Å². The molecule has 0 fully saturated rings. The summed E-state index contributed by atoms with van der Waals surface area (Å²) in [5, 5.41) is 2.67. The molecule has 0 aromatic carbocycles. The highest BCUT2D eigenvalue weighted by Gasteiger charge is 2.27. The monoisotopic (exact) mass is 455 g/mol. The molecule has 0 bridgehead atoms. The molecular weight excluding hydrogens is 402 g/mol. The lowest BCUT2D eigenvalue weighted by molar-refractivity contribution is -0.147. The number of carbonyl (C=O) groups is 2. The van der Waals surface area contributed by atoms with Crippen LogP contribution in [0.15, 0.2) is 0 Å². The van der Waals surface area contributed by atoms with Crippen LogP contribution in [-0.2, 0) is 14.3 Å². The van der Waals surface area contributed by atoms with Gasteiger partial charge in [-0.15, -0.1) is 0 Å². The van der Waals surface area contributed by atoms with Gasteiger partial charge in [0.1, 0.15) is 6.04 Å². The summed E-state index contributed by atoms with van der Waals surface area (Å²) in [6.45, 7) is 8.93. The van der Waals surface area contributed by atoms with E-state index in [-0.39, 0.29) is 11.9 Å². The molecular formula is C27H53NO4. The second kappa shape index (κ2) is 22.9. The highest BCUT2D eigenvalue weighted by Crippen LogP contribution is 2.14. The molecule has 0 aromatic rings. The lowest BCUT2D eigenvalue weighted by Crippen LogP contribution is -2.46. The molecule has 0 aliphatic heterocycles. The van der Waals surface area contributed by atoms with Gasteiger partial charge in [-0.3, -0.25) is 0 Å². The van der Waals surface area contributed by atoms with E-state index in [0.717, 1.165) is 25.7 Å². The van der Waals surface area contributed by atoms with E-state index >= 15 is 0 Å². The molecule has 0 heterocycles. The van der Waals surface area contributed by atoms with Gasteiger partial charge in [-0.1, -0.05) is 124 Å². The summed E-state index contributed by atoms with van der Waals surface area (Å²) in [4.78, 5) is 24.2. The van der Waals surface area contributed by atoms with Crippen molar-refractivity contribution in [1.29, 1.82) is 0 Å². The summed E-state index contributed by atoms with van der Waals surface area (Å²) in [5.41, 5.74) is 0. The Labute approximate surface area is 198 Å². The molecule has 1 amide bonds. The van der Waals surface area contributed by atoms with E-state index in [4.69, 9.17) is 9.47 Å². The molecule has 5 heteroatoms. The number of carbonyl (C=O) groups excluding carboxylic acids is 2. The predicted molar refractivity (Wildman–Crippen MR) is 134 cm³/mol. The van der Waals surface area contributed by atoms with Gasteiger partial charge in [0.2, 0.25) is 0 Å². The standard InChI is InChI=1S/C27H53NO4/c1-5-8-9-10-11-12-13-14-15-16-17-18-19-20-21-23-31-26(29)25(24(4)7-3)28-27(30)32-22-6-2/h24-25H,5-23H2,1-4H3,(H,28,30). The van der Waals surface area contributed by atoms with E-state index in [9.17, 15) is 9.59 Å². The summed E-state index contributed by atoms with van der Waals surface area (Å²) >= 11 is 0. The average molecular weight is 456 g/mol. The molecule has 2 atom stereocenters. The van der Waals surface area contributed by atoms with Crippen molar-refractivity contribution in [2.75, 3.05) is 13.2 Å². The van der Waals surface area contributed by atoms with E-state index in [1.165, 1.54) is 83.5 Å². The van der Waals surface area contributed by atoms with E-state index in [1.807, 2.05) is 20.8 Å². The fraction of sp³-hybridized carbons (Fsp3) is 0.926. The molecule has 0 rings (SSSR count). The Kier molecular flexibility index (Phi) is 22.0. The van der Waals surface area contributed by atoms with Gasteiger partial charge in [0, 0.05) is 0 Å². The zero-order valence-electron chi connectivity index (χ0n) is 21.7. The minimum absolute atomic E-state index is 0.0118. The lowest BCUT2D eigenvalue weighted by Gasteiger charge is -2.22. The van der Waals surface area contributed by atoms with Crippen LogP contribution in [-0.4, -0.2) is 31.3 Å². The number of hydrogen-bond acceptors (Lipinski definition) is 4. The van der Waals surface area contributed by atoms with E-state index in [2.05, 4.69) is 12.2 Å². The van der Waals surface area contributed by atoms with E-state index in [1.54, 1.807) is 0 Å². The summed E-state index contributed by atoms with van der Waals surface area (Å²) in [5.74, 6) is -0.337. The van der Waals surface area contributed by atoms with Crippen molar-refractivity contribution in [3.05, 3.63) is 0 Å². The Morgan fingerprint density at radius 2 is 1.09 bits per heavy atom. The Hall–Kier alpha value is -1.26. The highest BCUT2D eigenvalue weighted by molar-refractivity contribution is 5.81. The van der Waals surface area contributed by atoms with Crippen LogP contribution >= 0.6 is 0 Å². The molecule has 0 spiro atoms. The van der Waals surface area contributed by atoms with Crippen LogP contribution in [0, 0.1) is 5.92 Å². The fourth-order valence-electron chi connectivity index (χ4n) is 3.77. The van der Waals surface area contributed by atoms with Gasteiger partial charge in [-0.2, -0.15) is 0 Å². The molecule has 32 heavy (non-hydrogen) atoms. The molecule has 0 radical (unpaired) electrons. The van der Waals surface area contributed by atoms with Crippen molar-refractivity contribution in [2.24, 2.45) is 5.92 Å². The molecule has 0 aromatic heterocycles. The molecule has 1 N–H and O–H groups in total. The lowest BCUT2D eigenvalue weighted by atomic mass is 9.99. The van der Waals surface area contributed by atoms with Crippen LogP contribution in [0.3, 0.4) is 0 Å². The van der Waals surface area contributed by atoms with Crippen molar-refractivity contribution in [3.63, 3.8) is 0 Å². The van der Waals surface area contributed by atoms with Crippen LogP contribution in [0.1, 0.15) is 137 Å². The summed E-state index contributed by atoms with van der Waals surface area (Å²) in [6, 6.07) is -0.638. The van der Waals surface area contributed by atoms with Gasteiger partial charge >= 0.3 is 12.1 Å². The normalized spacial score (nSPS) is 12.9. The van der Waals surface area contributed by atoms with Crippen LogP contribution in [0.5, 0.6) is 0 Å². The van der Waals surface area contributed by atoms with Gasteiger partial charge in [0.15, 0.2) is 0 Å². The van der Waals surface area contributed by atoms with Gasteiger partial charge in [0.05, 0.1) is 13.2 Å². The molecule has 0 saturated carbocycles. The average Bonchev–Trinajstić information content (AvgIpc) is 2.80. The molecule has 2 unspecified atom stereocenters. The number of amides is 1. The molecule has 0 aliphatic carbocycles. The van der Waals surface area contributed by atoms with Crippen molar-refractivity contribution in [3.8, 4) is 0 Å². The van der Waals surface area contributed by atoms with Crippen LogP contribution in [0.2, 0.25) is 0 Å². The number of alkyl carbamates (subject to hydrolysis) is 1. The molecule has 190 valence electrons. The topological polar surface area (TPSA) is 64.6 Å². The summed E-state index contributed by atoms with van der Waals surface area (Å²) < 4.78 is 10.5.